The van der Waals surface area contributed by atoms with Gasteiger partial charge in [0, 0.05) is 24.3 Å². The molecule has 13 nitrogen and oxygen atoms in total. The fourth-order valence-corrected chi connectivity index (χ4v) is 5.08. The number of hydrogen-bond acceptors (Lipinski definition) is 10. The van der Waals surface area contributed by atoms with Crippen LogP contribution in [0.4, 0.5) is 22.7 Å². The number of carbonyl (C=O) groups is 2. The highest BCUT2D eigenvalue weighted by molar-refractivity contribution is 9.10. The maximum atomic E-state index is 13.7. The van der Waals surface area contributed by atoms with Gasteiger partial charge in [0.05, 0.1) is 38.8 Å². The SMILES string of the molecule is COc1cc([C@@H]2[C@@H]3C(=O)N(c4ccc([N+](=O)[O-])cc4)C(=O)[C@@H]3ON2c2cccc([N+](=O)[O-])c2)cc(Br)c1O. The molecule has 194 valence electrons. The van der Waals surface area contributed by atoms with Crippen molar-refractivity contribution in [3.05, 3.63) is 90.9 Å². The fraction of sp³-hybridized carbons (Fsp3) is 0.167. The molecule has 2 aliphatic heterocycles. The van der Waals surface area contributed by atoms with Crippen LogP contribution in [-0.4, -0.2) is 40.0 Å². The van der Waals surface area contributed by atoms with E-state index in [-0.39, 0.29) is 38.7 Å². The second-order valence-electron chi connectivity index (χ2n) is 8.44. The lowest BCUT2D eigenvalue weighted by Gasteiger charge is -2.29. The van der Waals surface area contributed by atoms with Crippen LogP contribution in [0.2, 0.25) is 0 Å². The number of amides is 2. The second-order valence-corrected chi connectivity index (χ2v) is 9.29. The number of phenolic OH excluding ortho intramolecular Hbond substituents is 1. The number of carbonyl (C=O) groups excluding carboxylic acids is 2. The zero-order valence-electron chi connectivity index (χ0n) is 19.4. The Labute approximate surface area is 222 Å². The van der Waals surface area contributed by atoms with Crippen LogP contribution in [-0.2, 0) is 14.4 Å². The number of imide groups is 1. The van der Waals surface area contributed by atoms with E-state index >= 15 is 0 Å². The summed E-state index contributed by atoms with van der Waals surface area (Å²) in [5.41, 5.74) is 0.340. The number of methoxy groups -OCH3 is 1. The van der Waals surface area contributed by atoms with Crippen molar-refractivity contribution in [3.63, 3.8) is 0 Å². The molecule has 0 unspecified atom stereocenters. The van der Waals surface area contributed by atoms with Crippen molar-refractivity contribution in [1.82, 2.24) is 0 Å². The number of nitro groups is 2. The highest BCUT2D eigenvalue weighted by atomic mass is 79.9. The standard InChI is InChI=1S/C24H17BrN4O9/c1-37-18-10-12(9-17(25)21(18)30)20-19-22(38-27(20)15-3-2-4-16(11-15)29(35)36)24(32)26(23(19)31)13-5-7-14(8-6-13)28(33)34/h2-11,19-20,22,30H,1H3/t19-,20+,22+/m0/s1. The number of ether oxygens (including phenoxy) is 1. The van der Waals surface area contributed by atoms with Crippen molar-refractivity contribution < 1.29 is 34.1 Å². The predicted molar refractivity (Wildman–Crippen MR) is 135 cm³/mol. The molecule has 0 aromatic heterocycles. The van der Waals surface area contributed by atoms with Crippen LogP contribution in [0.1, 0.15) is 11.6 Å². The first-order chi connectivity index (χ1) is 18.1. The minimum absolute atomic E-state index is 0.0841. The summed E-state index contributed by atoms with van der Waals surface area (Å²) >= 11 is 3.26. The van der Waals surface area contributed by atoms with Gasteiger partial charge in [0.2, 0.25) is 5.91 Å². The van der Waals surface area contributed by atoms with Crippen molar-refractivity contribution in [2.24, 2.45) is 5.92 Å². The second kappa shape index (κ2) is 9.39. The molecule has 0 saturated carbocycles. The molecule has 3 atom stereocenters. The smallest absolute Gasteiger partial charge is 0.271 e. The molecule has 0 aliphatic carbocycles. The molecule has 0 radical (unpaired) electrons. The first kappa shape index (κ1) is 25.1. The van der Waals surface area contributed by atoms with Gasteiger partial charge < -0.3 is 9.84 Å². The summed E-state index contributed by atoms with van der Waals surface area (Å²) in [5, 5.41) is 34.0. The maximum absolute atomic E-state index is 13.7. The van der Waals surface area contributed by atoms with Gasteiger partial charge in [0.25, 0.3) is 17.3 Å². The van der Waals surface area contributed by atoms with E-state index in [1.807, 2.05) is 0 Å². The Morgan fingerprint density at radius 2 is 1.63 bits per heavy atom. The minimum atomic E-state index is -1.29. The largest absolute Gasteiger partial charge is 0.503 e. The normalized spacial score (nSPS) is 20.5. The number of hydroxylamine groups is 1. The van der Waals surface area contributed by atoms with Crippen LogP contribution in [0.3, 0.4) is 0 Å². The maximum Gasteiger partial charge on any atom is 0.271 e. The number of benzene rings is 3. The number of halogens is 1. The van der Waals surface area contributed by atoms with Crippen LogP contribution in [0.25, 0.3) is 0 Å². The zero-order chi connectivity index (χ0) is 27.3. The summed E-state index contributed by atoms with van der Waals surface area (Å²) in [6.45, 7) is 0. The number of aromatic hydroxyl groups is 1. The quantitative estimate of drug-likeness (QED) is 0.254. The third-order valence-corrected chi connectivity index (χ3v) is 6.95. The Morgan fingerprint density at radius 1 is 0.947 bits per heavy atom. The Morgan fingerprint density at radius 3 is 2.26 bits per heavy atom. The minimum Gasteiger partial charge on any atom is -0.503 e. The topological polar surface area (TPSA) is 166 Å². The molecule has 2 heterocycles. The van der Waals surface area contributed by atoms with Gasteiger partial charge in [-0.2, -0.15) is 0 Å². The van der Waals surface area contributed by atoms with E-state index < -0.39 is 39.7 Å². The number of phenols is 1. The van der Waals surface area contributed by atoms with E-state index in [4.69, 9.17) is 9.57 Å². The number of nitro benzene ring substituents is 2. The molecular formula is C24H17BrN4O9. The van der Waals surface area contributed by atoms with Gasteiger partial charge >= 0.3 is 0 Å². The van der Waals surface area contributed by atoms with Crippen LogP contribution < -0.4 is 14.7 Å². The van der Waals surface area contributed by atoms with Gasteiger partial charge in [-0.3, -0.25) is 34.7 Å². The van der Waals surface area contributed by atoms with Crippen molar-refractivity contribution in [2.75, 3.05) is 17.1 Å². The molecule has 1 N–H and O–H groups in total. The van der Waals surface area contributed by atoms with Crippen molar-refractivity contribution >= 4 is 50.5 Å². The highest BCUT2D eigenvalue weighted by Gasteiger charge is 2.60. The van der Waals surface area contributed by atoms with Crippen LogP contribution in [0.5, 0.6) is 11.5 Å². The van der Waals surface area contributed by atoms with Gasteiger partial charge in [0.1, 0.15) is 5.92 Å². The lowest BCUT2D eigenvalue weighted by atomic mass is 9.90. The zero-order valence-corrected chi connectivity index (χ0v) is 21.0. The first-order valence-electron chi connectivity index (χ1n) is 11.0. The van der Waals surface area contributed by atoms with Gasteiger partial charge in [-0.05, 0) is 51.8 Å². The number of nitrogens with zero attached hydrogens (tertiary/aromatic N) is 4. The third-order valence-electron chi connectivity index (χ3n) is 6.34. The molecular weight excluding hydrogens is 568 g/mol. The Bertz CT molecular complexity index is 1500. The van der Waals surface area contributed by atoms with Crippen LogP contribution >= 0.6 is 15.9 Å². The van der Waals surface area contributed by atoms with Gasteiger partial charge in [0.15, 0.2) is 17.6 Å². The number of hydrogen-bond donors (Lipinski definition) is 1. The average molecular weight is 585 g/mol. The van der Waals surface area contributed by atoms with Gasteiger partial charge in [-0.1, -0.05) is 6.07 Å². The number of anilines is 2. The van der Waals surface area contributed by atoms with Crippen molar-refractivity contribution in [3.8, 4) is 11.5 Å². The molecule has 5 rings (SSSR count). The summed E-state index contributed by atoms with van der Waals surface area (Å²) in [6.07, 6.45) is -1.29. The van der Waals surface area contributed by atoms with E-state index in [1.54, 1.807) is 0 Å². The van der Waals surface area contributed by atoms with Gasteiger partial charge in [-0.25, -0.2) is 9.96 Å². The lowest BCUT2D eigenvalue weighted by molar-refractivity contribution is -0.385. The van der Waals surface area contributed by atoms with E-state index in [0.29, 0.717) is 5.56 Å². The lowest BCUT2D eigenvalue weighted by Crippen LogP contribution is -2.37. The molecule has 0 spiro atoms. The average Bonchev–Trinajstić information content (AvgIpc) is 3.41. The molecule has 2 fully saturated rings. The molecule has 2 aliphatic rings. The van der Waals surface area contributed by atoms with E-state index in [9.17, 15) is 34.9 Å². The number of rotatable bonds is 6. The summed E-state index contributed by atoms with van der Waals surface area (Å²) in [7, 11) is 1.35. The van der Waals surface area contributed by atoms with Crippen LogP contribution in [0, 0.1) is 26.1 Å². The molecule has 38 heavy (non-hydrogen) atoms. The highest BCUT2D eigenvalue weighted by Crippen LogP contribution is 2.50. The molecule has 3 aromatic rings. The van der Waals surface area contributed by atoms with E-state index in [2.05, 4.69) is 15.9 Å². The Balaban J connectivity index is 1.62. The molecule has 2 saturated heterocycles. The van der Waals surface area contributed by atoms with E-state index in [1.165, 1.54) is 72.8 Å². The van der Waals surface area contributed by atoms with Crippen molar-refractivity contribution in [1.29, 1.82) is 0 Å². The summed E-state index contributed by atoms with van der Waals surface area (Å²) in [4.78, 5) is 55.3. The predicted octanol–water partition coefficient (Wildman–Crippen LogP) is 4.03. The van der Waals surface area contributed by atoms with Gasteiger partial charge in [-0.15, -0.1) is 0 Å². The number of fused-ring (bicyclic) bond motifs is 1. The monoisotopic (exact) mass is 584 g/mol. The van der Waals surface area contributed by atoms with Crippen molar-refractivity contribution in [2.45, 2.75) is 12.1 Å². The Kier molecular flexibility index (Phi) is 6.20. The molecule has 14 heteroatoms. The third kappa shape index (κ3) is 3.99. The fourth-order valence-electron chi connectivity index (χ4n) is 4.62. The first-order valence-corrected chi connectivity index (χ1v) is 11.8. The molecule has 3 aromatic carbocycles. The summed E-state index contributed by atoms with van der Waals surface area (Å²) < 4.78 is 5.50. The summed E-state index contributed by atoms with van der Waals surface area (Å²) in [6, 6.07) is 12.5. The number of non-ortho nitro benzene ring substituents is 2. The Hall–Kier alpha value is -4.56. The molecule has 2 amide bonds. The molecule has 0 bridgehead atoms. The summed E-state index contributed by atoms with van der Waals surface area (Å²) in [5.74, 6) is -2.53. The van der Waals surface area contributed by atoms with Crippen LogP contribution in [0.15, 0.2) is 65.1 Å². The van der Waals surface area contributed by atoms with E-state index in [0.717, 1.165) is 4.90 Å².